The van der Waals surface area contributed by atoms with Crippen molar-refractivity contribution >= 4 is 6.03 Å². The van der Waals surface area contributed by atoms with Gasteiger partial charge in [-0.05, 0) is 24.8 Å². The predicted octanol–water partition coefficient (Wildman–Crippen LogP) is 3.05. The molecule has 0 unspecified atom stereocenters. The van der Waals surface area contributed by atoms with Crippen LogP contribution in [0.1, 0.15) is 36.1 Å². The molecule has 0 fully saturated rings. The molecule has 0 aliphatic carbocycles. The number of hydrogen-bond donors (Lipinski definition) is 2. The van der Waals surface area contributed by atoms with Gasteiger partial charge in [-0.15, -0.1) is 0 Å². The summed E-state index contributed by atoms with van der Waals surface area (Å²) in [5.41, 5.74) is 3.51. The summed E-state index contributed by atoms with van der Waals surface area (Å²) < 4.78 is 0. The number of fused-ring (bicyclic) bond motifs is 1. The van der Waals surface area contributed by atoms with E-state index in [1.165, 1.54) is 5.56 Å². The lowest BCUT2D eigenvalue weighted by Crippen LogP contribution is -2.44. The minimum Gasteiger partial charge on any atom is -0.344 e. The number of rotatable bonds is 5. The van der Waals surface area contributed by atoms with E-state index in [1.54, 1.807) is 0 Å². The third-order valence-corrected chi connectivity index (χ3v) is 4.72. The average Bonchev–Trinajstić information content (AvgIpc) is 2.98. The van der Waals surface area contributed by atoms with Crippen LogP contribution < -0.4 is 5.32 Å². The molecule has 0 radical (unpaired) electrons. The van der Waals surface area contributed by atoms with Crippen molar-refractivity contribution in [2.24, 2.45) is 5.92 Å². The number of amides is 2. The van der Waals surface area contributed by atoms with E-state index in [-0.39, 0.29) is 6.03 Å². The fourth-order valence-electron chi connectivity index (χ4n) is 3.26. The maximum Gasteiger partial charge on any atom is 0.317 e. The molecule has 2 aromatic rings. The van der Waals surface area contributed by atoms with Crippen molar-refractivity contribution in [2.45, 2.75) is 39.7 Å². The van der Waals surface area contributed by atoms with E-state index in [0.29, 0.717) is 12.5 Å². The van der Waals surface area contributed by atoms with Gasteiger partial charge < -0.3 is 15.2 Å². The van der Waals surface area contributed by atoms with E-state index < -0.39 is 0 Å². The van der Waals surface area contributed by atoms with Gasteiger partial charge in [-0.1, -0.05) is 43.7 Å². The summed E-state index contributed by atoms with van der Waals surface area (Å²) in [6, 6.07) is 10.5. The number of hydrogen-bond acceptors (Lipinski definition) is 2. The van der Waals surface area contributed by atoms with Crippen molar-refractivity contribution in [2.75, 3.05) is 13.1 Å². The van der Waals surface area contributed by atoms with E-state index in [9.17, 15) is 4.79 Å². The highest BCUT2D eigenvalue weighted by Gasteiger charge is 2.23. The quantitative estimate of drug-likeness (QED) is 0.887. The molecular weight excluding hydrogens is 300 g/mol. The predicted molar refractivity (Wildman–Crippen MR) is 94.8 cm³/mol. The molecule has 1 aliphatic rings. The van der Waals surface area contributed by atoms with Gasteiger partial charge >= 0.3 is 6.03 Å². The van der Waals surface area contributed by atoms with Gasteiger partial charge in [-0.2, -0.15) is 0 Å². The van der Waals surface area contributed by atoms with Crippen molar-refractivity contribution in [3.63, 3.8) is 0 Å². The Morgan fingerprint density at radius 1 is 1.38 bits per heavy atom. The molecule has 1 aliphatic heterocycles. The van der Waals surface area contributed by atoms with Crippen LogP contribution in [-0.4, -0.2) is 34.0 Å². The second-order valence-electron chi connectivity index (χ2n) is 6.57. The number of nitrogens with zero attached hydrogens (tertiary/aromatic N) is 2. The lowest BCUT2D eigenvalue weighted by atomic mass is 9.97. The zero-order valence-electron chi connectivity index (χ0n) is 14.5. The summed E-state index contributed by atoms with van der Waals surface area (Å²) >= 11 is 0. The summed E-state index contributed by atoms with van der Waals surface area (Å²) in [6.07, 6.45) is 2.88. The van der Waals surface area contributed by atoms with Crippen LogP contribution in [0.3, 0.4) is 0 Å². The molecule has 2 amide bonds. The molecule has 3 rings (SSSR count). The van der Waals surface area contributed by atoms with Crippen LogP contribution in [0.5, 0.6) is 0 Å². The zero-order chi connectivity index (χ0) is 16.9. The van der Waals surface area contributed by atoms with Gasteiger partial charge in [-0.25, -0.2) is 9.78 Å². The first-order chi connectivity index (χ1) is 11.7. The van der Waals surface area contributed by atoms with Gasteiger partial charge in [0.1, 0.15) is 5.82 Å². The number of carbonyl (C=O) groups is 1. The van der Waals surface area contributed by atoms with Gasteiger partial charge in [-0.3, -0.25) is 0 Å². The molecule has 128 valence electrons. The fraction of sp³-hybridized carbons (Fsp3) is 0.474. The number of imidazole rings is 1. The largest absolute Gasteiger partial charge is 0.344 e. The molecule has 24 heavy (non-hydrogen) atoms. The molecule has 0 saturated heterocycles. The topological polar surface area (TPSA) is 61.0 Å². The first-order valence-corrected chi connectivity index (χ1v) is 8.76. The highest BCUT2D eigenvalue weighted by Crippen LogP contribution is 2.17. The van der Waals surface area contributed by atoms with Crippen LogP contribution in [0.2, 0.25) is 0 Å². The summed E-state index contributed by atoms with van der Waals surface area (Å²) in [7, 11) is 0. The van der Waals surface area contributed by atoms with E-state index >= 15 is 0 Å². The number of benzene rings is 1. The van der Waals surface area contributed by atoms with Crippen molar-refractivity contribution in [3.8, 4) is 0 Å². The molecule has 0 spiro atoms. The Balaban J connectivity index is 1.51. The third kappa shape index (κ3) is 3.96. The van der Waals surface area contributed by atoms with Gasteiger partial charge in [0.15, 0.2) is 0 Å². The van der Waals surface area contributed by atoms with Crippen molar-refractivity contribution in [1.29, 1.82) is 0 Å². The summed E-state index contributed by atoms with van der Waals surface area (Å²) in [5, 5.41) is 3.11. The second-order valence-corrected chi connectivity index (χ2v) is 6.57. The number of aromatic amines is 1. The Labute approximate surface area is 143 Å². The summed E-state index contributed by atoms with van der Waals surface area (Å²) in [6.45, 7) is 6.21. The molecular formula is C19H26N4O. The van der Waals surface area contributed by atoms with Gasteiger partial charge in [0, 0.05) is 19.5 Å². The molecule has 1 atom stereocenters. The van der Waals surface area contributed by atoms with Gasteiger partial charge in [0.2, 0.25) is 0 Å². The standard InChI is InChI=1S/C19H26N4O/c1-3-15(11-16-7-5-4-6-8-16)12-20-19(24)23-10-9-17-18(13-23)22-14(2)21-17/h4-8,15H,3,9-13H2,1-2H3,(H,20,24)(H,21,22)/t15-/m1/s1. The zero-order valence-corrected chi connectivity index (χ0v) is 14.5. The molecule has 2 N–H and O–H groups in total. The minimum absolute atomic E-state index is 0.0272. The lowest BCUT2D eigenvalue weighted by molar-refractivity contribution is 0.189. The Hall–Kier alpha value is -2.30. The molecule has 0 bridgehead atoms. The van der Waals surface area contributed by atoms with Crippen LogP contribution in [0, 0.1) is 12.8 Å². The first-order valence-electron chi connectivity index (χ1n) is 8.76. The minimum atomic E-state index is 0.0272. The Morgan fingerprint density at radius 2 is 2.17 bits per heavy atom. The Morgan fingerprint density at radius 3 is 2.92 bits per heavy atom. The van der Waals surface area contributed by atoms with Crippen molar-refractivity contribution in [3.05, 3.63) is 53.1 Å². The Bertz CT molecular complexity index is 680. The maximum atomic E-state index is 12.5. The maximum absolute atomic E-state index is 12.5. The monoisotopic (exact) mass is 326 g/mol. The van der Waals surface area contributed by atoms with Crippen LogP contribution in [0.4, 0.5) is 4.79 Å². The van der Waals surface area contributed by atoms with Crippen LogP contribution >= 0.6 is 0 Å². The number of aryl methyl sites for hydroxylation is 1. The normalized spacial score (nSPS) is 15.0. The van der Waals surface area contributed by atoms with Gasteiger partial charge in [0.05, 0.1) is 17.9 Å². The summed E-state index contributed by atoms with van der Waals surface area (Å²) in [5.74, 6) is 1.39. The number of aromatic nitrogens is 2. The van der Waals surface area contributed by atoms with E-state index in [2.05, 4.69) is 46.5 Å². The molecule has 5 nitrogen and oxygen atoms in total. The lowest BCUT2D eigenvalue weighted by Gasteiger charge is -2.27. The molecule has 2 heterocycles. The van der Waals surface area contributed by atoms with E-state index in [1.807, 2.05) is 17.9 Å². The van der Waals surface area contributed by atoms with Gasteiger partial charge in [0.25, 0.3) is 0 Å². The van der Waals surface area contributed by atoms with Crippen molar-refractivity contribution < 1.29 is 4.79 Å². The number of urea groups is 1. The Kier molecular flexibility index (Phi) is 5.18. The number of H-pyrrole nitrogens is 1. The third-order valence-electron chi connectivity index (χ3n) is 4.72. The van der Waals surface area contributed by atoms with E-state index in [0.717, 1.165) is 49.6 Å². The number of carbonyl (C=O) groups excluding carboxylic acids is 1. The molecule has 5 heteroatoms. The average molecular weight is 326 g/mol. The van der Waals surface area contributed by atoms with Crippen LogP contribution in [-0.2, 0) is 19.4 Å². The smallest absolute Gasteiger partial charge is 0.317 e. The molecule has 1 aromatic heterocycles. The SMILES string of the molecule is CC[C@@H](CNC(=O)N1CCc2nc(C)[nH]c2C1)Cc1ccccc1. The first kappa shape index (κ1) is 16.6. The van der Waals surface area contributed by atoms with Crippen LogP contribution in [0.25, 0.3) is 0 Å². The van der Waals surface area contributed by atoms with Crippen LogP contribution in [0.15, 0.2) is 30.3 Å². The van der Waals surface area contributed by atoms with E-state index in [4.69, 9.17) is 0 Å². The fourth-order valence-corrected chi connectivity index (χ4v) is 3.26. The number of nitrogens with one attached hydrogen (secondary N) is 2. The highest BCUT2D eigenvalue weighted by molar-refractivity contribution is 5.74. The summed E-state index contributed by atoms with van der Waals surface area (Å²) in [4.78, 5) is 22.1. The van der Waals surface area contributed by atoms with Crippen molar-refractivity contribution in [1.82, 2.24) is 20.2 Å². The molecule has 1 aromatic carbocycles. The highest BCUT2D eigenvalue weighted by atomic mass is 16.2. The molecule has 0 saturated carbocycles. The second kappa shape index (κ2) is 7.51.